The summed E-state index contributed by atoms with van der Waals surface area (Å²) >= 11 is 0. The molecule has 0 spiro atoms. The van der Waals surface area contributed by atoms with Crippen molar-refractivity contribution in [3.05, 3.63) is 23.6 Å². The number of pyridine rings is 1. The summed E-state index contributed by atoms with van der Waals surface area (Å²) in [6.07, 6.45) is 0. The molecule has 1 amide bonds. The summed E-state index contributed by atoms with van der Waals surface area (Å²) in [5, 5.41) is 0. The van der Waals surface area contributed by atoms with Crippen molar-refractivity contribution in [1.29, 1.82) is 0 Å². The SMILES string of the molecule is CCN(CC(N)=O)c1nc(F)c(F)cc1F. The first-order valence-corrected chi connectivity index (χ1v) is 4.50. The number of halogens is 3. The maximum absolute atomic E-state index is 13.3. The van der Waals surface area contributed by atoms with Crippen molar-refractivity contribution in [3.63, 3.8) is 0 Å². The molecule has 0 bridgehead atoms. The first kappa shape index (κ1) is 12.3. The maximum atomic E-state index is 13.3. The Bertz CT molecular complexity index is 411. The second-order valence-corrected chi connectivity index (χ2v) is 3.05. The minimum Gasteiger partial charge on any atom is -0.368 e. The smallest absolute Gasteiger partial charge is 0.251 e. The minimum absolute atomic E-state index is 0.192. The Labute approximate surface area is 89.9 Å². The summed E-state index contributed by atoms with van der Waals surface area (Å²) in [7, 11) is 0. The Morgan fingerprint density at radius 1 is 1.44 bits per heavy atom. The highest BCUT2D eigenvalue weighted by Crippen LogP contribution is 2.18. The third-order valence-electron chi connectivity index (χ3n) is 1.90. The molecule has 0 unspecified atom stereocenters. The minimum atomic E-state index is -1.42. The summed E-state index contributed by atoms with van der Waals surface area (Å²) in [4.78, 5) is 14.9. The van der Waals surface area contributed by atoms with Gasteiger partial charge in [-0.3, -0.25) is 4.79 Å². The molecular weight excluding hydrogens is 223 g/mol. The number of primary amides is 1. The zero-order chi connectivity index (χ0) is 12.3. The summed E-state index contributed by atoms with van der Waals surface area (Å²) < 4.78 is 38.7. The number of anilines is 1. The van der Waals surface area contributed by atoms with E-state index in [2.05, 4.69) is 4.98 Å². The first-order chi connectivity index (χ1) is 7.45. The van der Waals surface area contributed by atoms with Gasteiger partial charge >= 0.3 is 0 Å². The van der Waals surface area contributed by atoms with Gasteiger partial charge in [0.25, 0.3) is 5.95 Å². The van der Waals surface area contributed by atoms with Gasteiger partial charge in [-0.2, -0.15) is 9.37 Å². The number of carbonyl (C=O) groups excluding carboxylic acids is 1. The second kappa shape index (κ2) is 4.82. The monoisotopic (exact) mass is 233 g/mol. The normalized spacial score (nSPS) is 10.2. The highest BCUT2D eigenvalue weighted by atomic mass is 19.2. The number of nitrogens with two attached hydrogens (primary N) is 1. The molecule has 0 fully saturated rings. The lowest BCUT2D eigenvalue weighted by Gasteiger charge is -2.20. The van der Waals surface area contributed by atoms with Crippen LogP contribution >= 0.6 is 0 Å². The Morgan fingerprint density at radius 3 is 2.56 bits per heavy atom. The van der Waals surface area contributed by atoms with Crippen LogP contribution in [0.25, 0.3) is 0 Å². The van der Waals surface area contributed by atoms with Gasteiger partial charge in [0.15, 0.2) is 17.5 Å². The number of rotatable bonds is 4. The molecule has 0 aliphatic rings. The van der Waals surface area contributed by atoms with Gasteiger partial charge in [0.05, 0.1) is 6.54 Å². The fourth-order valence-electron chi connectivity index (χ4n) is 1.18. The van der Waals surface area contributed by atoms with Crippen molar-refractivity contribution in [2.45, 2.75) is 6.92 Å². The molecule has 1 heterocycles. The van der Waals surface area contributed by atoms with Crippen LogP contribution in [0.15, 0.2) is 6.07 Å². The van der Waals surface area contributed by atoms with Crippen molar-refractivity contribution in [2.75, 3.05) is 18.0 Å². The van der Waals surface area contributed by atoms with E-state index in [4.69, 9.17) is 5.73 Å². The van der Waals surface area contributed by atoms with E-state index in [0.29, 0.717) is 6.07 Å². The number of hydrogen-bond donors (Lipinski definition) is 1. The highest BCUT2D eigenvalue weighted by Gasteiger charge is 2.17. The molecule has 4 nitrogen and oxygen atoms in total. The number of hydrogen-bond acceptors (Lipinski definition) is 3. The van der Waals surface area contributed by atoms with Crippen LogP contribution < -0.4 is 10.6 Å². The molecule has 88 valence electrons. The van der Waals surface area contributed by atoms with Crippen LogP contribution in [-0.4, -0.2) is 24.0 Å². The fraction of sp³-hybridized carbons (Fsp3) is 0.333. The van der Waals surface area contributed by atoms with E-state index in [1.165, 1.54) is 0 Å². The molecule has 0 aliphatic carbocycles. The zero-order valence-corrected chi connectivity index (χ0v) is 8.51. The quantitative estimate of drug-likeness (QED) is 0.783. The van der Waals surface area contributed by atoms with Gasteiger partial charge in [0, 0.05) is 12.6 Å². The van der Waals surface area contributed by atoms with Crippen LogP contribution in [0, 0.1) is 17.6 Å². The van der Waals surface area contributed by atoms with Gasteiger partial charge < -0.3 is 10.6 Å². The Balaban J connectivity index is 3.09. The Hall–Kier alpha value is -1.79. The number of aromatic nitrogens is 1. The van der Waals surface area contributed by atoms with Crippen LogP contribution in [0.1, 0.15) is 6.92 Å². The average Bonchev–Trinajstić information content (AvgIpc) is 2.20. The van der Waals surface area contributed by atoms with Gasteiger partial charge in [-0.15, -0.1) is 0 Å². The lowest BCUT2D eigenvalue weighted by molar-refractivity contribution is -0.116. The van der Waals surface area contributed by atoms with E-state index in [9.17, 15) is 18.0 Å². The third-order valence-corrected chi connectivity index (χ3v) is 1.90. The molecule has 7 heteroatoms. The van der Waals surface area contributed by atoms with Crippen molar-refractivity contribution >= 4 is 11.7 Å². The third kappa shape index (κ3) is 2.62. The standard InChI is InChI=1S/C9H10F3N3O/c1-2-15(4-7(13)16)9-6(11)3-5(10)8(12)14-9/h3H,2,4H2,1H3,(H2,13,16). The van der Waals surface area contributed by atoms with Crippen LogP contribution in [-0.2, 0) is 4.79 Å². The first-order valence-electron chi connectivity index (χ1n) is 4.50. The summed E-state index contributed by atoms with van der Waals surface area (Å²) in [6, 6.07) is 0.376. The predicted octanol–water partition coefficient (Wildman–Crippen LogP) is 0.810. The van der Waals surface area contributed by atoms with Crippen LogP contribution in [0.3, 0.4) is 0 Å². The molecule has 1 rings (SSSR count). The Kier molecular flexibility index (Phi) is 3.70. The van der Waals surface area contributed by atoms with E-state index >= 15 is 0 Å². The average molecular weight is 233 g/mol. The Morgan fingerprint density at radius 2 is 2.06 bits per heavy atom. The van der Waals surface area contributed by atoms with Gasteiger partial charge in [-0.25, -0.2) is 8.78 Å². The van der Waals surface area contributed by atoms with Gasteiger partial charge in [-0.1, -0.05) is 0 Å². The number of amides is 1. The summed E-state index contributed by atoms with van der Waals surface area (Å²) in [5.41, 5.74) is 4.93. The van der Waals surface area contributed by atoms with E-state index in [1.807, 2.05) is 0 Å². The molecule has 0 radical (unpaired) electrons. The van der Waals surface area contributed by atoms with E-state index < -0.39 is 29.3 Å². The zero-order valence-electron chi connectivity index (χ0n) is 8.51. The largest absolute Gasteiger partial charge is 0.368 e. The maximum Gasteiger partial charge on any atom is 0.251 e. The van der Waals surface area contributed by atoms with Crippen molar-refractivity contribution < 1.29 is 18.0 Å². The molecule has 0 aliphatic heterocycles. The van der Waals surface area contributed by atoms with E-state index in [1.54, 1.807) is 6.92 Å². The molecule has 16 heavy (non-hydrogen) atoms. The molecular formula is C9H10F3N3O. The second-order valence-electron chi connectivity index (χ2n) is 3.05. The molecule has 1 aromatic rings. The fourth-order valence-corrected chi connectivity index (χ4v) is 1.18. The molecule has 0 saturated carbocycles. The van der Waals surface area contributed by atoms with Crippen molar-refractivity contribution in [3.8, 4) is 0 Å². The molecule has 0 aromatic carbocycles. The van der Waals surface area contributed by atoms with Crippen LogP contribution in [0.5, 0.6) is 0 Å². The topological polar surface area (TPSA) is 59.2 Å². The molecule has 0 atom stereocenters. The molecule has 0 saturated heterocycles. The van der Waals surface area contributed by atoms with Crippen LogP contribution in [0.4, 0.5) is 19.0 Å². The molecule has 1 aromatic heterocycles. The van der Waals surface area contributed by atoms with Gasteiger partial charge in [-0.05, 0) is 6.92 Å². The van der Waals surface area contributed by atoms with Crippen molar-refractivity contribution in [1.82, 2.24) is 4.98 Å². The van der Waals surface area contributed by atoms with E-state index in [-0.39, 0.29) is 13.1 Å². The van der Waals surface area contributed by atoms with Crippen LogP contribution in [0.2, 0.25) is 0 Å². The van der Waals surface area contributed by atoms with E-state index in [0.717, 1.165) is 4.90 Å². The molecule has 2 N–H and O–H groups in total. The number of nitrogens with zero attached hydrogens (tertiary/aromatic N) is 2. The highest BCUT2D eigenvalue weighted by molar-refractivity contribution is 5.79. The number of likely N-dealkylation sites (N-methyl/N-ethyl adjacent to an activating group) is 1. The summed E-state index contributed by atoms with van der Waals surface area (Å²) in [6.45, 7) is 1.48. The number of carbonyl (C=O) groups is 1. The van der Waals surface area contributed by atoms with Gasteiger partial charge in [0.2, 0.25) is 5.91 Å². The lowest BCUT2D eigenvalue weighted by Crippen LogP contribution is -2.35. The predicted molar refractivity (Wildman–Crippen MR) is 51.2 cm³/mol. The van der Waals surface area contributed by atoms with Crippen molar-refractivity contribution in [2.24, 2.45) is 5.73 Å². The summed E-state index contributed by atoms with van der Waals surface area (Å²) in [5.74, 6) is -4.98. The lowest BCUT2D eigenvalue weighted by atomic mass is 10.3. The van der Waals surface area contributed by atoms with Gasteiger partial charge in [0.1, 0.15) is 0 Å².